The van der Waals surface area contributed by atoms with Crippen LogP contribution in [0.25, 0.3) is 0 Å². The van der Waals surface area contributed by atoms with E-state index in [4.69, 9.17) is 0 Å². The second kappa shape index (κ2) is 8.53. The fourth-order valence-electron chi connectivity index (χ4n) is 4.83. The van der Waals surface area contributed by atoms with Gasteiger partial charge in [-0.25, -0.2) is 0 Å². The highest BCUT2D eigenvalue weighted by molar-refractivity contribution is 4.91. The average Bonchev–Trinajstić information content (AvgIpc) is 2.86. The molecule has 1 aliphatic carbocycles. The fourth-order valence-corrected chi connectivity index (χ4v) is 4.83. The van der Waals surface area contributed by atoms with Crippen LogP contribution in [0.1, 0.15) is 72.1 Å². The molecule has 3 unspecified atom stereocenters. The Kier molecular flexibility index (Phi) is 7.01. The predicted molar refractivity (Wildman–Crippen MR) is 92.7 cm³/mol. The van der Waals surface area contributed by atoms with Gasteiger partial charge in [0.1, 0.15) is 0 Å². The van der Waals surface area contributed by atoms with E-state index in [0.717, 1.165) is 11.8 Å². The van der Waals surface area contributed by atoms with Gasteiger partial charge in [0.25, 0.3) is 0 Å². The number of likely N-dealkylation sites (tertiary alicyclic amines) is 1. The Bertz CT molecular complexity index is 291. The summed E-state index contributed by atoms with van der Waals surface area (Å²) in [6, 6.07) is 0. The molecular formula is C19H38N2. The zero-order valence-corrected chi connectivity index (χ0v) is 14.8. The molecule has 3 atom stereocenters. The summed E-state index contributed by atoms with van der Waals surface area (Å²) >= 11 is 0. The molecule has 124 valence electrons. The Morgan fingerprint density at radius 2 is 2.05 bits per heavy atom. The molecule has 0 aromatic heterocycles. The maximum Gasteiger partial charge on any atom is 0.00504 e. The lowest BCUT2D eigenvalue weighted by molar-refractivity contribution is 0.0893. The lowest BCUT2D eigenvalue weighted by atomic mass is 9.69. The van der Waals surface area contributed by atoms with Crippen LogP contribution in [0.15, 0.2) is 0 Å². The largest absolute Gasteiger partial charge is 0.316 e. The fraction of sp³-hybridized carbons (Fsp3) is 1.00. The van der Waals surface area contributed by atoms with Crippen LogP contribution in [0.3, 0.4) is 0 Å². The molecule has 0 spiro atoms. The van der Waals surface area contributed by atoms with Gasteiger partial charge < -0.3 is 10.2 Å². The van der Waals surface area contributed by atoms with E-state index in [-0.39, 0.29) is 0 Å². The van der Waals surface area contributed by atoms with Crippen molar-refractivity contribution < 1.29 is 0 Å². The summed E-state index contributed by atoms with van der Waals surface area (Å²) in [4.78, 5) is 2.80. The van der Waals surface area contributed by atoms with Gasteiger partial charge in [-0.05, 0) is 62.4 Å². The van der Waals surface area contributed by atoms with E-state index in [1.54, 1.807) is 0 Å². The predicted octanol–water partition coefficient (Wildman–Crippen LogP) is 4.30. The minimum absolute atomic E-state index is 0.563. The molecule has 0 amide bonds. The van der Waals surface area contributed by atoms with Crippen molar-refractivity contribution in [3.8, 4) is 0 Å². The molecular weight excluding hydrogens is 256 g/mol. The molecule has 2 fully saturated rings. The second-order valence-corrected chi connectivity index (χ2v) is 8.06. The summed E-state index contributed by atoms with van der Waals surface area (Å²) < 4.78 is 0. The van der Waals surface area contributed by atoms with Crippen LogP contribution in [-0.2, 0) is 0 Å². The maximum atomic E-state index is 3.75. The third-order valence-corrected chi connectivity index (χ3v) is 5.74. The zero-order chi connectivity index (χ0) is 15.1. The first-order chi connectivity index (χ1) is 10.2. The molecule has 1 saturated carbocycles. The van der Waals surface area contributed by atoms with Crippen LogP contribution in [0, 0.1) is 17.3 Å². The first kappa shape index (κ1) is 17.3. The summed E-state index contributed by atoms with van der Waals surface area (Å²) in [6.07, 6.45) is 11.3. The van der Waals surface area contributed by atoms with Gasteiger partial charge in [-0.3, -0.25) is 0 Å². The van der Waals surface area contributed by atoms with Gasteiger partial charge >= 0.3 is 0 Å². The molecule has 1 aliphatic heterocycles. The molecule has 1 heterocycles. The molecule has 1 N–H and O–H groups in total. The normalized spacial score (nSPS) is 34.4. The van der Waals surface area contributed by atoms with E-state index in [9.17, 15) is 0 Å². The summed E-state index contributed by atoms with van der Waals surface area (Å²) in [7, 11) is 0. The van der Waals surface area contributed by atoms with Crippen molar-refractivity contribution in [2.45, 2.75) is 72.1 Å². The quantitative estimate of drug-likeness (QED) is 0.671. The zero-order valence-electron chi connectivity index (χ0n) is 14.8. The van der Waals surface area contributed by atoms with Crippen molar-refractivity contribution >= 4 is 0 Å². The van der Waals surface area contributed by atoms with E-state index >= 15 is 0 Å². The number of nitrogens with zero attached hydrogens (tertiary/aromatic N) is 1. The first-order valence-corrected chi connectivity index (χ1v) is 9.60. The Labute approximate surface area is 133 Å². The van der Waals surface area contributed by atoms with Crippen LogP contribution >= 0.6 is 0 Å². The standard InChI is InChI=1S/C19H38N2/c1-4-7-18-9-12-21(14-18)16-19(15-20-11-5-2)10-6-8-17(3)13-19/h17-18,20H,4-16H2,1-3H3. The number of nitrogens with one attached hydrogen (secondary N) is 1. The van der Waals surface area contributed by atoms with Crippen LogP contribution < -0.4 is 5.32 Å². The molecule has 21 heavy (non-hydrogen) atoms. The average molecular weight is 295 g/mol. The van der Waals surface area contributed by atoms with Crippen molar-refractivity contribution in [2.24, 2.45) is 17.3 Å². The SMILES string of the molecule is CCCNCC1(CN2CCC(CCC)C2)CCCC(C)C1. The monoisotopic (exact) mass is 294 g/mol. The molecule has 1 saturated heterocycles. The number of rotatable bonds is 8. The molecule has 0 radical (unpaired) electrons. The molecule has 2 aliphatic rings. The van der Waals surface area contributed by atoms with Crippen molar-refractivity contribution in [3.63, 3.8) is 0 Å². The van der Waals surface area contributed by atoms with Gasteiger partial charge in [0, 0.05) is 19.6 Å². The van der Waals surface area contributed by atoms with Gasteiger partial charge in [0.15, 0.2) is 0 Å². The first-order valence-electron chi connectivity index (χ1n) is 9.60. The third-order valence-electron chi connectivity index (χ3n) is 5.74. The van der Waals surface area contributed by atoms with E-state index < -0.39 is 0 Å². The third kappa shape index (κ3) is 5.25. The van der Waals surface area contributed by atoms with Gasteiger partial charge in [-0.15, -0.1) is 0 Å². The van der Waals surface area contributed by atoms with E-state index in [2.05, 4.69) is 31.0 Å². The molecule has 0 aromatic rings. The van der Waals surface area contributed by atoms with E-state index in [0.29, 0.717) is 5.41 Å². The van der Waals surface area contributed by atoms with Gasteiger partial charge in [-0.2, -0.15) is 0 Å². The lowest BCUT2D eigenvalue weighted by Gasteiger charge is -2.43. The Hall–Kier alpha value is -0.0800. The van der Waals surface area contributed by atoms with Crippen LogP contribution in [-0.4, -0.2) is 37.6 Å². The molecule has 2 rings (SSSR count). The van der Waals surface area contributed by atoms with E-state index in [1.165, 1.54) is 84.1 Å². The van der Waals surface area contributed by atoms with Crippen molar-refractivity contribution in [2.75, 3.05) is 32.7 Å². The Balaban J connectivity index is 1.89. The summed E-state index contributed by atoms with van der Waals surface area (Å²) in [5, 5.41) is 3.75. The highest BCUT2D eigenvalue weighted by Crippen LogP contribution is 2.40. The Morgan fingerprint density at radius 1 is 1.19 bits per heavy atom. The molecule has 2 nitrogen and oxygen atoms in total. The van der Waals surface area contributed by atoms with Crippen LogP contribution in [0.2, 0.25) is 0 Å². The highest BCUT2D eigenvalue weighted by atomic mass is 15.2. The van der Waals surface area contributed by atoms with Gasteiger partial charge in [-0.1, -0.05) is 40.0 Å². The maximum absolute atomic E-state index is 3.75. The van der Waals surface area contributed by atoms with Crippen molar-refractivity contribution in [1.29, 1.82) is 0 Å². The summed E-state index contributed by atoms with van der Waals surface area (Å²) in [5.41, 5.74) is 0.563. The minimum atomic E-state index is 0.563. The van der Waals surface area contributed by atoms with Crippen LogP contribution in [0.5, 0.6) is 0 Å². The summed E-state index contributed by atoms with van der Waals surface area (Å²) in [6.45, 7) is 13.6. The minimum Gasteiger partial charge on any atom is -0.316 e. The van der Waals surface area contributed by atoms with Crippen LogP contribution in [0.4, 0.5) is 0 Å². The molecule has 0 aromatic carbocycles. The topological polar surface area (TPSA) is 15.3 Å². The second-order valence-electron chi connectivity index (χ2n) is 8.06. The highest BCUT2D eigenvalue weighted by Gasteiger charge is 2.37. The number of hydrogen-bond donors (Lipinski definition) is 1. The lowest BCUT2D eigenvalue weighted by Crippen LogP contribution is -2.46. The molecule has 0 bridgehead atoms. The Morgan fingerprint density at radius 3 is 2.76 bits per heavy atom. The van der Waals surface area contributed by atoms with E-state index in [1.807, 2.05) is 0 Å². The van der Waals surface area contributed by atoms with Gasteiger partial charge in [0.2, 0.25) is 0 Å². The van der Waals surface area contributed by atoms with Crippen molar-refractivity contribution in [3.05, 3.63) is 0 Å². The number of hydrogen-bond acceptors (Lipinski definition) is 2. The molecule has 2 heteroatoms. The summed E-state index contributed by atoms with van der Waals surface area (Å²) in [5.74, 6) is 1.91. The van der Waals surface area contributed by atoms with Gasteiger partial charge in [0.05, 0.1) is 0 Å². The smallest absolute Gasteiger partial charge is 0.00504 e. The van der Waals surface area contributed by atoms with Crippen molar-refractivity contribution in [1.82, 2.24) is 10.2 Å².